The minimum absolute atomic E-state index is 0.00258. The maximum atomic E-state index is 13.0. The van der Waals surface area contributed by atoms with Gasteiger partial charge in [-0.05, 0) is 13.3 Å². The van der Waals surface area contributed by atoms with Crippen LogP contribution in [0.4, 0.5) is 0 Å². The fourth-order valence-corrected chi connectivity index (χ4v) is 4.36. The Morgan fingerprint density at radius 1 is 1.32 bits per heavy atom. The third-order valence-corrected chi connectivity index (χ3v) is 6.20. The Morgan fingerprint density at radius 2 is 2.00 bits per heavy atom. The van der Waals surface area contributed by atoms with E-state index in [0.717, 1.165) is 17.4 Å². The molecule has 0 bridgehead atoms. The lowest BCUT2D eigenvalue weighted by molar-refractivity contribution is -0.134. The van der Waals surface area contributed by atoms with Crippen LogP contribution in [0.25, 0.3) is 11.2 Å². The fourth-order valence-electron chi connectivity index (χ4n) is 4.36. The van der Waals surface area contributed by atoms with E-state index in [-0.39, 0.29) is 36.6 Å². The highest BCUT2D eigenvalue weighted by Gasteiger charge is 2.42. The van der Waals surface area contributed by atoms with E-state index in [1.54, 1.807) is 6.92 Å². The Labute approximate surface area is 179 Å². The zero-order chi connectivity index (χ0) is 23.1. The zero-order valence-corrected chi connectivity index (χ0v) is 18.5. The minimum Gasteiger partial charge on any atom is -0.391 e. The van der Waals surface area contributed by atoms with Crippen LogP contribution in [-0.2, 0) is 18.9 Å². The van der Waals surface area contributed by atoms with Crippen LogP contribution in [0.15, 0.2) is 15.9 Å². The van der Waals surface area contributed by atoms with Crippen molar-refractivity contribution in [3.63, 3.8) is 0 Å². The van der Waals surface area contributed by atoms with Crippen molar-refractivity contribution in [1.82, 2.24) is 23.6 Å². The van der Waals surface area contributed by atoms with Gasteiger partial charge in [0.25, 0.3) is 5.56 Å². The molecule has 1 aliphatic rings. The number of nitrogens with zero attached hydrogens (tertiary/aromatic N) is 5. The number of likely N-dealkylation sites (tertiary alicyclic amines) is 1. The number of carbonyl (C=O) groups is 1. The summed E-state index contributed by atoms with van der Waals surface area (Å²) in [5.41, 5.74) is 3.91. The Morgan fingerprint density at radius 3 is 2.65 bits per heavy atom. The smallest absolute Gasteiger partial charge is 0.332 e. The standard InChI is InChI=1S/C20H32N6O5/c1-5-6-7-13(21)17(28)25-9-12(27)8-20(2,31)14(10-25)26-11-22-16-15(26)18(29)24(4)19(30)23(16)3/h11-14,27,31H,5-10,21H2,1-4H3/t12-,13-,14+,20+/m0/s1. The van der Waals surface area contributed by atoms with Crippen molar-refractivity contribution >= 4 is 17.1 Å². The normalized spacial score (nSPS) is 25.6. The van der Waals surface area contributed by atoms with Gasteiger partial charge in [-0.2, -0.15) is 0 Å². The Bertz CT molecular complexity index is 1080. The average Bonchev–Trinajstić information content (AvgIpc) is 3.10. The van der Waals surface area contributed by atoms with Crippen LogP contribution < -0.4 is 17.0 Å². The Hall–Kier alpha value is -2.50. The van der Waals surface area contributed by atoms with Crippen LogP contribution in [0, 0.1) is 0 Å². The number of aliphatic hydroxyl groups excluding tert-OH is 1. The number of aliphatic hydroxyl groups is 2. The molecule has 0 unspecified atom stereocenters. The number of rotatable bonds is 5. The number of carbonyl (C=O) groups excluding carboxylic acids is 1. The van der Waals surface area contributed by atoms with Gasteiger partial charge in [-0.15, -0.1) is 0 Å². The van der Waals surface area contributed by atoms with Crippen molar-refractivity contribution in [2.45, 2.75) is 63.3 Å². The molecule has 0 aromatic carbocycles. The van der Waals surface area contributed by atoms with Gasteiger partial charge < -0.3 is 25.4 Å². The molecule has 1 fully saturated rings. The zero-order valence-electron chi connectivity index (χ0n) is 18.5. The quantitative estimate of drug-likeness (QED) is 0.535. The SMILES string of the molecule is CCCC[C@H](N)C(=O)N1C[C@@H](O)C[C@@](C)(O)[C@H](n2cnc3c2c(=O)n(C)c(=O)n3C)C1. The molecule has 0 radical (unpaired) electrons. The highest BCUT2D eigenvalue weighted by Crippen LogP contribution is 2.33. The van der Waals surface area contributed by atoms with Crippen molar-refractivity contribution in [2.24, 2.45) is 19.8 Å². The Balaban J connectivity index is 2.09. The lowest BCUT2D eigenvalue weighted by Crippen LogP contribution is -2.48. The first-order chi connectivity index (χ1) is 14.5. The number of aromatic nitrogens is 4. The van der Waals surface area contributed by atoms with E-state index in [9.17, 15) is 24.6 Å². The van der Waals surface area contributed by atoms with Gasteiger partial charge in [0.15, 0.2) is 11.2 Å². The summed E-state index contributed by atoms with van der Waals surface area (Å²) in [6.45, 7) is 3.65. The molecule has 172 valence electrons. The summed E-state index contributed by atoms with van der Waals surface area (Å²) in [7, 11) is 2.89. The summed E-state index contributed by atoms with van der Waals surface area (Å²) in [5.74, 6) is -0.306. The van der Waals surface area contributed by atoms with Gasteiger partial charge in [-0.3, -0.25) is 18.7 Å². The molecule has 1 saturated heterocycles. The second kappa shape index (κ2) is 8.56. The van der Waals surface area contributed by atoms with E-state index in [1.165, 1.54) is 34.5 Å². The molecule has 1 amide bonds. The van der Waals surface area contributed by atoms with E-state index in [4.69, 9.17) is 5.73 Å². The lowest BCUT2D eigenvalue weighted by Gasteiger charge is -2.34. The predicted octanol–water partition coefficient (Wildman–Crippen LogP) is -1.16. The van der Waals surface area contributed by atoms with Crippen molar-refractivity contribution in [3.05, 3.63) is 27.2 Å². The first-order valence-electron chi connectivity index (χ1n) is 10.6. The molecule has 3 heterocycles. The third kappa shape index (κ3) is 4.17. The molecule has 1 aliphatic heterocycles. The summed E-state index contributed by atoms with van der Waals surface area (Å²) in [6, 6.07) is -1.48. The summed E-state index contributed by atoms with van der Waals surface area (Å²) in [4.78, 5) is 43.8. The van der Waals surface area contributed by atoms with Gasteiger partial charge >= 0.3 is 5.69 Å². The largest absolute Gasteiger partial charge is 0.391 e. The summed E-state index contributed by atoms with van der Waals surface area (Å²) < 4.78 is 3.74. The molecule has 0 saturated carbocycles. The molecule has 31 heavy (non-hydrogen) atoms. The number of amides is 1. The van der Waals surface area contributed by atoms with Crippen LogP contribution in [0.5, 0.6) is 0 Å². The number of hydrogen-bond acceptors (Lipinski definition) is 7. The molecule has 0 aliphatic carbocycles. The lowest BCUT2D eigenvalue weighted by atomic mass is 9.91. The van der Waals surface area contributed by atoms with Crippen molar-refractivity contribution in [1.29, 1.82) is 0 Å². The van der Waals surface area contributed by atoms with Crippen molar-refractivity contribution in [2.75, 3.05) is 13.1 Å². The van der Waals surface area contributed by atoms with Crippen LogP contribution in [0.2, 0.25) is 0 Å². The molecule has 4 atom stereocenters. The Kier molecular flexibility index (Phi) is 6.40. The van der Waals surface area contributed by atoms with Gasteiger partial charge in [0, 0.05) is 33.6 Å². The number of aryl methyl sites for hydroxylation is 1. The molecular formula is C20H32N6O5. The summed E-state index contributed by atoms with van der Waals surface area (Å²) in [6.07, 6.45) is 2.67. The van der Waals surface area contributed by atoms with E-state index in [0.29, 0.717) is 6.42 Å². The highest BCUT2D eigenvalue weighted by atomic mass is 16.3. The molecule has 3 rings (SSSR count). The van der Waals surface area contributed by atoms with Gasteiger partial charge in [-0.1, -0.05) is 19.8 Å². The van der Waals surface area contributed by atoms with E-state index in [2.05, 4.69) is 4.98 Å². The van der Waals surface area contributed by atoms with E-state index in [1.807, 2.05) is 6.92 Å². The molecule has 11 heteroatoms. The monoisotopic (exact) mass is 436 g/mol. The topological polar surface area (TPSA) is 149 Å². The van der Waals surface area contributed by atoms with Crippen LogP contribution in [0.1, 0.15) is 45.6 Å². The van der Waals surface area contributed by atoms with E-state index < -0.39 is 35.0 Å². The van der Waals surface area contributed by atoms with Gasteiger partial charge in [0.2, 0.25) is 5.91 Å². The first kappa shape index (κ1) is 23.2. The van der Waals surface area contributed by atoms with Crippen molar-refractivity contribution < 1.29 is 15.0 Å². The highest BCUT2D eigenvalue weighted by molar-refractivity contribution is 5.81. The third-order valence-electron chi connectivity index (χ3n) is 6.20. The second-order valence-corrected chi connectivity index (χ2v) is 8.75. The molecule has 0 spiro atoms. The molecule has 2 aromatic rings. The average molecular weight is 437 g/mol. The molecule has 4 N–H and O–H groups in total. The van der Waals surface area contributed by atoms with E-state index >= 15 is 0 Å². The molecular weight excluding hydrogens is 404 g/mol. The fraction of sp³-hybridized carbons (Fsp3) is 0.700. The van der Waals surface area contributed by atoms with Crippen molar-refractivity contribution in [3.8, 4) is 0 Å². The minimum atomic E-state index is -1.45. The molecule has 2 aromatic heterocycles. The maximum absolute atomic E-state index is 13.0. The number of unbranched alkanes of at least 4 members (excludes halogenated alkanes) is 1. The number of β-amino-alcohol motifs (C(OH)–C–C–N with tert-alkyl or cyclic N) is 1. The first-order valence-corrected chi connectivity index (χ1v) is 10.6. The van der Waals surface area contributed by atoms with Gasteiger partial charge in [0.1, 0.15) is 0 Å². The number of fused-ring (bicyclic) bond motifs is 1. The van der Waals surface area contributed by atoms with Gasteiger partial charge in [0.05, 0.1) is 30.1 Å². The maximum Gasteiger partial charge on any atom is 0.332 e. The summed E-state index contributed by atoms with van der Waals surface area (Å²) >= 11 is 0. The van der Waals surface area contributed by atoms with Crippen LogP contribution >= 0.6 is 0 Å². The van der Waals surface area contributed by atoms with Gasteiger partial charge in [-0.25, -0.2) is 9.78 Å². The summed E-state index contributed by atoms with van der Waals surface area (Å²) in [5, 5.41) is 21.7. The van der Waals surface area contributed by atoms with Crippen LogP contribution in [0.3, 0.4) is 0 Å². The second-order valence-electron chi connectivity index (χ2n) is 8.75. The molecule has 11 nitrogen and oxygen atoms in total. The number of imidazole rings is 1. The number of nitrogens with two attached hydrogens (primary N) is 1. The predicted molar refractivity (Wildman–Crippen MR) is 115 cm³/mol. The number of hydrogen-bond donors (Lipinski definition) is 3. The van der Waals surface area contributed by atoms with Crippen LogP contribution in [-0.4, -0.2) is 70.5 Å².